The molecule has 1 rings (SSSR count). The molecule has 7 heteroatoms. The molecule has 3 N–H and O–H groups in total. The third kappa shape index (κ3) is 4.20. The number of hydrogen-bond acceptors (Lipinski definition) is 2. The Morgan fingerprint density at radius 2 is 1.74 bits per heavy atom. The highest BCUT2D eigenvalue weighted by Gasteiger charge is 2.48. The largest absolute Gasteiger partial charge is 0.383 e. The third-order valence-electron chi connectivity index (χ3n) is 2.49. The van der Waals surface area contributed by atoms with Crippen LogP contribution in [0.3, 0.4) is 0 Å². The fraction of sp³-hybridized carbons (Fsp3) is 0.417. The number of rotatable bonds is 6. The topological polar surface area (TPSA) is 55.1 Å². The van der Waals surface area contributed by atoms with Crippen LogP contribution in [0.15, 0.2) is 24.3 Å². The lowest BCUT2D eigenvalue weighted by atomic mass is 10.1. The highest BCUT2D eigenvalue weighted by Crippen LogP contribution is 2.22. The fourth-order valence-electron chi connectivity index (χ4n) is 1.39. The van der Waals surface area contributed by atoms with Crippen LogP contribution in [0.2, 0.25) is 0 Å². The molecule has 0 aliphatic rings. The molecule has 0 aliphatic heterocycles. The van der Waals surface area contributed by atoms with Crippen molar-refractivity contribution >= 4 is 5.91 Å². The van der Waals surface area contributed by atoms with Gasteiger partial charge in [-0.05, 0) is 24.1 Å². The van der Waals surface area contributed by atoms with E-state index >= 15 is 0 Å². The van der Waals surface area contributed by atoms with Gasteiger partial charge in [-0.15, -0.1) is 0 Å². The number of alkyl halides is 4. The highest BCUT2D eigenvalue weighted by atomic mass is 19.3. The van der Waals surface area contributed by atoms with Crippen molar-refractivity contribution in [2.24, 2.45) is 5.73 Å². The summed E-state index contributed by atoms with van der Waals surface area (Å²) in [6.07, 6.45) is -3.34. The summed E-state index contributed by atoms with van der Waals surface area (Å²) in [6.45, 7) is 0.251. The molecule has 0 aliphatic carbocycles. The number of amides is 1. The minimum Gasteiger partial charge on any atom is -0.347 e. The van der Waals surface area contributed by atoms with Crippen LogP contribution in [0.4, 0.5) is 17.6 Å². The molecular formula is C12H14F4N2O. The molecule has 0 radical (unpaired) electrons. The molecule has 1 amide bonds. The van der Waals surface area contributed by atoms with E-state index in [1.807, 2.05) is 0 Å². The van der Waals surface area contributed by atoms with Crippen LogP contribution in [0.25, 0.3) is 0 Å². The molecule has 3 nitrogen and oxygen atoms in total. The average molecular weight is 278 g/mol. The maximum atomic E-state index is 12.6. The molecule has 106 valence electrons. The van der Waals surface area contributed by atoms with Crippen LogP contribution in [0, 0.1) is 0 Å². The lowest BCUT2D eigenvalue weighted by molar-refractivity contribution is -0.169. The standard InChI is InChI=1S/C12H14F4N2O/c13-10(14)12(15,16)11(19)18-7-9-3-1-8(2-4-9)5-6-17/h1-4,10H,5-7,17H2,(H,18,19). The van der Waals surface area contributed by atoms with Gasteiger partial charge in [-0.3, -0.25) is 4.79 Å². The Morgan fingerprint density at radius 3 is 2.21 bits per heavy atom. The van der Waals surface area contributed by atoms with Crippen LogP contribution < -0.4 is 11.1 Å². The summed E-state index contributed by atoms with van der Waals surface area (Å²) < 4.78 is 49.1. The van der Waals surface area contributed by atoms with E-state index in [-0.39, 0.29) is 6.54 Å². The first-order valence-corrected chi connectivity index (χ1v) is 5.60. The Labute approximate surface area is 107 Å². The van der Waals surface area contributed by atoms with E-state index in [4.69, 9.17) is 5.73 Å². The van der Waals surface area contributed by atoms with E-state index in [1.54, 1.807) is 29.6 Å². The minimum absolute atomic E-state index is 0.232. The molecule has 0 saturated carbocycles. The summed E-state index contributed by atoms with van der Waals surface area (Å²) in [6, 6.07) is 6.71. The second-order valence-electron chi connectivity index (χ2n) is 3.96. The SMILES string of the molecule is NCCc1ccc(CNC(=O)C(F)(F)C(F)F)cc1. The van der Waals surface area contributed by atoms with E-state index in [1.165, 1.54) is 0 Å². The lowest BCUT2D eigenvalue weighted by Gasteiger charge is -2.14. The van der Waals surface area contributed by atoms with Crippen molar-refractivity contribution in [2.75, 3.05) is 6.54 Å². The predicted molar refractivity (Wildman–Crippen MR) is 62.0 cm³/mol. The van der Waals surface area contributed by atoms with E-state index in [0.717, 1.165) is 5.56 Å². The van der Waals surface area contributed by atoms with E-state index in [9.17, 15) is 22.4 Å². The fourth-order valence-corrected chi connectivity index (χ4v) is 1.39. The van der Waals surface area contributed by atoms with Gasteiger partial charge in [0, 0.05) is 6.54 Å². The Balaban J connectivity index is 2.55. The summed E-state index contributed by atoms with van der Waals surface area (Å²) in [5, 5.41) is 1.78. The van der Waals surface area contributed by atoms with Gasteiger partial charge in [-0.1, -0.05) is 24.3 Å². The molecule has 0 fully saturated rings. The molecule has 1 aromatic carbocycles. The normalized spacial score (nSPS) is 11.7. The summed E-state index contributed by atoms with van der Waals surface area (Å²) in [7, 11) is 0. The quantitative estimate of drug-likeness (QED) is 0.778. The molecular weight excluding hydrogens is 264 g/mol. The molecule has 0 unspecified atom stereocenters. The van der Waals surface area contributed by atoms with Crippen LogP contribution >= 0.6 is 0 Å². The number of benzene rings is 1. The van der Waals surface area contributed by atoms with Crippen molar-refractivity contribution in [3.63, 3.8) is 0 Å². The van der Waals surface area contributed by atoms with E-state index in [2.05, 4.69) is 0 Å². The smallest absolute Gasteiger partial charge is 0.347 e. The van der Waals surface area contributed by atoms with Gasteiger partial charge in [0.15, 0.2) is 0 Å². The summed E-state index contributed by atoms with van der Waals surface area (Å²) >= 11 is 0. The minimum atomic E-state index is -4.67. The second-order valence-corrected chi connectivity index (χ2v) is 3.96. The van der Waals surface area contributed by atoms with Gasteiger partial charge in [0.1, 0.15) is 0 Å². The van der Waals surface area contributed by atoms with Crippen molar-refractivity contribution < 1.29 is 22.4 Å². The number of carbonyl (C=O) groups excluding carboxylic acids is 1. The Morgan fingerprint density at radius 1 is 1.21 bits per heavy atom. The van der Waals surface area contributed by atoms with Crippen molar-refractivity contribution in [3.05, 3.63) is 35.4 Å². The molecule has 19 heavy (non-hydrogen) atoms. The number of nitrogens with one attached hydrogen (secondary N) is 1. The van der Waals surface area contributed by atoms with Crippen LogP contribution in [-0.4, -0.2) is 24.8 Å². The summed E-state index contributed by atoms with van der Waals surface area (Å²) in [5.74, 6) is -6.65. The molecule has 0 bridgehead atoms. The predicted octanol–water partition coefficient (Wildman–Crippen LogP) is 1.70. The number of halogens is 4. The Bertz CT molecular complexity index is 420. The van der Waals surface area contributed by atoms with Crippen molar-refractivity contribution in [2.45, 2.75) is 25.3 Å². The first-order chi connectivity index (χ1) is 8.87. The van der Waals surface area contributed by atoms with E-state index in [0.29, 0.717) is 18.5 Å². The van der Waals surface area contributed by atoms with Gasteiger partial charge in [-0.25, -0.2) is 8.78 Å². The average Bonchev–Trinajstić information content (AvgIpc) is 2.37. The monoisotopic (exact) mass is 278 g/mol. The first-order valence-electron chi connectivity index (χ1n) is 5.60. The molecule has 0 atom stereocenters. The maximum absolute atomic E-state index is 12.6. The highest BCUT2D eigenvalue weighted by molar-refractivity contribution is 5.83. The summed E-state index contributed by atoms with van der Waals surface area (Å²) in [4.78, 5) is 10.9. The van der Waals surface area contributed by atoms with Gasteiger partial charge in [0.25, 0.3) is 5.91 Å². The van der Waals surface area contributed by atoms with Gasteiger partial charge in [-0.2, -0.15) is 8.78 Å². The molecule has 0 spiro atoms. The number of carbonyl (C=O) groups is 1. The van der Waals surface area contributed by atoms with Crippen molar-refractivity contribution in [1.29, 1.82) is 0 Å². The zero-order valence-electron chi connectivity index (χ0n) is 10.0. The van der Waals surface area contributed by atoms with Crippen LogP contribution in [0.5, 0.6) is 0 Å². The zero-order chi connectivity index (χ0) is 14.5. The molecule has 0 heterocycles. The van der Waals surface area contributed by atoms with Crippen LogP contribution in [-0.2, 0) is 17.8 Å². The Hall–Kier alpha value is -1.63. The van der Waals surface area contributed by atoms with Crippen molar-refractivity contribution in [3.8, 4) is 0 Å². The Kier molecular flexibility index (Phi) is 5.29. The first kappa shape index (κ1) is 15.4. The maximum Gasteiger partial charge on any atom is 0.383 e. The van der Waals surface area contributed by atoms with Gasteiger partial charge < -0.3 is 11.1 Å². The summed E-state index contributed by atoms with van der Waals surface area (Å²) in [5.41, 5.74) is 6.87. The number of nitrogens with two attached hydrogens (primary N) is 1. The van der Waals surface area contributed by atoms with E-state index < -0.39 is 18.3 Å². The molecule has 0 aromatic heterocycles. The second kappa shape index (κ2) is 6.51. The van der Waals surface area contributed by atoms with Crippen molar-refractivity contribution in [1.82, 2.24) is 5.32 Å². The zero-order valence-corrected chi connectivity index (χ0v) is 10.0. The van der Waals surface area contributed by atoms with Gasteiger partial charge in [0.05, 0.1) is 0 Å². The van der Waals surface area contributed by atoms with Crippen LogP contribution in [0.1, 0.15) is 11.1 Å². The molecule has 1 aromatic rings. The lowest BCUT2D eigenvalue weighted by Crippen LogP contribution is -2.44. The molecule has 0 saturated heterocycles. The third-order valence-corrected chi connectivity index (χ3v) is 2.49. The van der Waals surface area contributed by atoms with Gasteiger partial charge in [0.2, 0.25) is 0 Å². The van der Waals surface area contributed by atoms with Gasteiger partial charge >= 0.3 is 12.3 Å². The number of hydrogen-bond donors (Lipinski definition) is 2.